The van der Waals surface area contributed by atoms with Crippen molar-refractivity contribution < 1.29 is 13.9 Å². The van der Waals surface area contributed by atoms with Crippen molar-refractivity contribution in [2.24, 2.45) is 0 Å². The summed E-state index contributed by atoms with van der Waals surface area (Å²) in [5, 5.41) is 0. The van der Waals surface area contributed by atoms with Crippen molar-refractivity contribution >= 4 is 17.5 Å². The van der Waals surface area contributed by atoms with Crippen molar-refractivity contribution in [1.82, 2.24) is 0 Å². The molecule has 0 radical (unpaired) electrons. The number of rotatable bonds is 0. The fraction of sp³-hybridized carbons (Fsp3) is 0.222. The summed E-state index contributed by atoms with van der Waals surface area (Å²) in [4.78, 5) is 12.2. The molecule has 1 aromatic carbocycles. The third-order valence-corrected chi connectivity index (χ3v) is 2.13. The Morgan fingerprint density at radius 1 is 1.57 bits per heavy atom. The van der Waals surface area contributed by atoms with Crippen molar-refractivity contribution in [3.63, 3.8) is 0 Å². The molecule has 2 N–H and O–H groups in total. The van der Waals surface area contributed by atoms with E-state index >= 15 is 0 Å². The van der Waals surface area contributed by atoms with Gasteiger partial charge in [-0.25, -0.2) is 9.18 Å². The van der Waals surface area contributed by atoms with Crippen LogP contribution in [-0.2, 0) is 11.3 Å². The average Bonchev–Trinajstić information content (AvgIpc) is 2.10. The van der Waals surface area contributed by atoms with Crippen LogP contribution >= 0.6 is 0 Å². The first-order valence-corrected chi connectivity index (χ1v) is 4.08. The molecule has 5 heteroatoms. The van der Waals surface area contributed by atoms with Gasteiger partial charge in [0.2, 0.25) is 0 Å². The molecule has 0 spiro atoms. The van der Waals surface area contributed by atoms with E-state index in [1.807, 2.05) is 0 Å². The molecule has 0 unspecified atom stereocenters. The molecule has 0 aliphatic carbocycles. The van der Waals surface area contributed by atoms with Crippen molar-refractivity contribution in [3.8, 4) is 0 Å². The summed E-state index contributed by atoms with van der Waals surface area (Å²) in [6, 6.07) is 2.79. The minimum atomic E-state index is -0.554. The van der Waals surface area contributed by atoms with Crippen LogP contribution in [0.5, 0.6) is 0 Å². The maximum Gasteiger partial charge on any atom is 0.414 e. The SMILES string of the molecule is CN1C(=O)OCc2cc(N)cc(F)c21. The number of carbonyl (C=O) groups excluding carboxylic acids is 1. The minimum Gasteiger partial charge on any atom is -0.444 e. The second-order valence-corrected chi connectivity index (χ2v) is 3.12. The van der Waals surface area contributed by atoms with Gasteiger partial charge >= 0.3 is 6.09 Å². The van der Waals surface area contributed by atoms with E-state index < -0.39 is 11.9 Å². The van der Waals surface area contributed by atoms with Gasteiger partial charge in [0.15, 0.2) is 0 Å². The third kappa shape index (κ3) is 1.17. The summed E-state index contributed by atoms with van der Waals surface area (Å²) < 4.78 is 18.2. The number of amides is 1. The molecule has 1 heterocycles. The highest BCUT2D eigenvalue weighted by Crippen LogP contribution is 2.30. The number of carbonyl (C=O) groups is 1. The van der Waals surface area contributed by atoms with E-state index in [2.05, 4.69) is 0 Å². The zero-order valence-electron chi connectivity index (χ0n) is 7.58. The fourth-order valence-electron chi connectivity index (χ4n) is 1.49. The molecule has 1 aromatic rings. The van der Waals surface area contributed by atoms with Gasteiger partial charge in [0.05, 0.1) is 5.69 Å². The summed E-state index contributed by atoms with van der Waals surface area (Å²) in [6.07, 6.45) is -0.554. The minimum absolute atomic E-state index is 0.0699. The molecular formula is C9H9FN2O2. The lowest BCUT2D eigenvalue weighted by Gasteiger charge is -2.25. The largest absolute Gasteiger partial charge is 0.444 e. The Morgan fingerprint density at radius 2 is 2.29 bits per heavy atom. The monoisotopic (exact) mass is 196 g/mol. The summed E-state index contributed by atoms with van der Waals surface area (Å²) in [5.74, 6) is -0.501. The molecule has 1 amide bonds. The van der Waals surface area contributed by atoms with Crippen LogP contribution in [0.2, 0.25) is 0 Å². The second-order valence-electron chi connectivity index (χ2n) is 3.12. The number of nitrogen functional groups attached to an aromatic ring is 1. The van der Waals surface area contributed by atoms with Gasteiger partial charge in [-0.05, 0) is 12.1 Å². The number of benzene rings is 1. The second kappa shape index (κ2) is 2.87. The normalized spacial score (nSPS) is 15.0. The highest BCUT2D eigenvalue weighted by atomic mass is 19.1. The Balaban J connectivity index is 2.60. The van der Waals surface area contributed by atoms with E-state index in [9.17, 15) is 9.18 Å². The number of anilines is 2. The molecule has 1 aliphatic heterocycles. The molecule has 0 saturated carbocycles. The number of nitrogens with zero attached hydrogens (tertiary/aromatic N) is 1. The maximum atomic E-state index is 13.4. The van der Waals surface area contributed by atoms with Gasteiger partial charge in [0.1, 0.15) is 12.4 Å². The van der Waals surface area contributed by atoms with Crippen molar-refractivity contribution in [3.05, 3.63) is 23.5 Å². The summed E-state index contributed by atoms with van der Waals surface area (Å²) >= 11 is 0. The average molecular weight is 196 g/mol. The molecule has 14 heavy (non-hydrogen) atoms. The number of hydrogen-bond donors (Lipinski definition) is 1. The van der Waals surface area contributed by atoms with Gasteiger partial charge in [-0.2, -0.15) is 0 Å². The molecule has 0 atom stereocenters. The van der Waals surface area contributed by atoms with Gasteiger partial charge < -0.3 is 10.5 Å². The van der Waals surface area contributed by atoms with Crippen LogP contribution in [0.15, 0.2) is 12.1 Å². The van der Waals surface area contributed by atoms with E-state index in [0.717, 1.165) is 4.90 Å². The zero-order valence-corrected chi connectivity index (χ0v) is 7.58. The third-order valence-electron chi connectivity index (χ3n) is 2.13. The van der Waals surface area contributed by atoms with Crippen LogP contribution in [0.4, 0.5) is 20.6 Å². The van der Waals surface area contributed by atoms with Crippen LogP contribution in [0.3, 0.4) is 0 Å². The first kappa shape index (κ1) is 8.80. The Bertz CT molecular complexity index is 406. The lowest BCUT2D eigenvalue weighted by Crippen LogP contribution is -2.32. The zero-order chi connectivity index (χ0) is 10.3. The predicted octanol–water partition coefficient (Wildman–Crippen LogP) is 1.49. The summed E-state index contributed by atoms with van der Waals surface area (Å²) in [6.45, 7) is 0.0699. The molecule has 1 aliphatic rings. The lowest BCUT2D eigenvalue weighted by molar-refractivity contribution is 0.143. The van der Waals surface area contributed by atoms with Gasteiger partial charge in [-0.15, -0.1) is 0 Å². The summed E-state index contributed by atoms with van der Waals surface area (Å²) in [5.41, 5.74) is 6.62. The highest BCUT2D eigenvalue weighted by molar-refractivity contribution is 5.90. The Morgan fingerprint density at radius 3 is 3.00 bits per heavy atom. The lowest BCUT2D eigenvalue weighted by atomic mass is 10.1. The quantitative estimate of drug-likeness (QED) is 0.639. The van der Waals surface area contributed by atoms with E-state index in [1.54, 1.807) is 6.07 Å². The molecule has 4 nitrogen and oxygen atoms in total. The molecule has 0 fully saturated rings. The van der Waals surface area contributed by atoms with Crippen LogP contribution in [-0.4, -0.2) is 13.1 Å². The van der Waals surface area contributed by atoms with Crippen molar-refractivity contribution in [2.75, 3.05) is 17.7 Å². The van der Waals surface area contributed by atoms with Crippen LogP contribution in [0.25, 0.3) is 0 Å². The van der Waals surface area contributed by atoms with Crippen LogP contribution in [0, 0.1) is 5.82 Å². The van der Waals surface area contributed by atoms with Gasteiger partial charge in [0, 0.05) is 18.3 Å². The van der Waals surface area contributed by atoms with Gasteiger partial charge in [-0.1, -0.05) is 0 Å². The van der Waals surface area contributed by atoms with Crippen molar-refractivity contribution in [1.29, 1.82) is 0 Å². The number of halogens is 1. The molecule has 0 bridgehead atoms. The fourth-order valence-corrected chi connectivity index (χ4v) is 1.49. The van der Waals surface area contributed by atoms with Gasteiger partial charge in [0.25, 0.3) is 0 Å². The van der Waals surface area contributed by atoms with Gasteiger partial charge in [-0.3, -0.25) is 4.90 Å². The van der Waals surface area contributed by atoms with E-state index in [0.29, 0.717) is 11.3 Å². The smallest absolute Gasteiger partial charge is 0.414 e. The number of ether oxygens (including phenoxy) is 1. The van der Waals surface area contributed by atoms with E-state index in [4.69, 9.17) is 10.5 Å². The predicted molar refractivity (Wildman–Crippen MR) is 49.4 cm³/mol. The van der Waals surface area contributed by atoms with Crippen molar-refractivity contribution in [2.45, 2.75) is 6.61 Å². The number of cyclic esters (lactones) is 1. The molecular weight excluding hydrogens is 187 g/mol. The van der Waals surface area contributed by atoms with Crippen LogP contribution < -0.4 is 10.6 Å². The van der Waals surface area contributed by atoms with E-state index in [1.165, 1.54) is 13.1 Å². The Hall–Kier alpha value is -1.78. The summed E-state index contributed by atoms with van der Waals surface area (Å²) in [7, 11) is 1.46. The molecule has 0 aromatic heterocycles. The number of hydrogen-bond acceptors (Lipinski definition) is 3. The molecule has 74 valence electrons. The topological polar surface area (TPSA) is 55.6 Å². The first-order valence-electron chi connectivity index (χ1n) is 4.08. The highest BCUT2D eigenvalue weighted by Gasteiger charge is 2.25. The Kier molecular flexibility index (Phi) is 1.80. The number of fused-ring (bicyclic) bond motifs is 1. The Labute approximate surface area is 80.1 Å². The molecule has 0 saturated heterocycles. The van der Waals surface area contributed by atoms with E-state index in [-0.39, 0.29) is 12.3 Å². The first-order chi connectivity index (χ1) is 6.59. The molecule has 2 rings (SSSR count). The van der Waals surface area contributed by atoms with Crippen LogP contribution in [0.1, 0.15) is 5.56 Å². The standard InChI is InChI=1S/C9H9FN2O2/c1-12-8-5(4-14-9(12)13)2-6(11)3-7(8)10/h2-3H,4,11H2,1H3. The maximum absolute atomic E-state index is 13.4. The number of nitrogens with two attached hydrogens (primary N) is 1.